The fraction of sp³-hybridized carbons (Fsp3) is 0.360. The maximum absolute atomic E-state index is 12.2. The summed E-state index contributed by atoms with van der Waals surface area (Å²) in [5.41, 5.74) is 1.08. The van der Waals surface area contributed by atoms with Crippen molar-refractivity contribution in [2.24, 2.45) is 0 Å². The number of anilines is 2. The molecule has 10 nitrogen and oxygen atoms in total. The van der Waals surface area contributed by atoms with Gasteiger partial charge in [0.15, 0.2) is 6.61 Å². The van der Waals surface area contributed by atoms with Crippen LogP contribution in [0, 0.1) is 0 Å². The number of nitrogens with one attached hydrogen (secondary N) is 2. The molecule has 0 atom stereocenters. The third kappa shape index (κ3) is 9.36. The summed E-state index contributed by atoms with van der Waals surface area (Å²) in [6.07, 6.45) is 1.30. The Balaban J connectivity index is 1.76. The first-order chi connectivity index (χ1) is 16.9. The predicted octanol–water partition coefficient (Wildman–Crippen LogP) is 3.56. The van der Waals surface area contributed by atoms with Crippen LogP contribution in [0.3, 0.4) is 0 Å². The van der Waals surface area contributed by atoms with Crippen molar-refractivity contribution in [2.75, 3.05) is 38.1 Å². The van der Waals surface area contributed by atoms with E-state index in [1.807, 2.05) is 6.92 Å². The highest BCUT2D eigenvalue weighted by molar-refractivity contribution is 5.96. The van der Waals surface area contributed by atoms with Gasteiger partial charge in [-0.05, 0) is 36.8 Å². The van der Waals surface area contributed by atoms with E-state index in [0.29, 0.717) is 35.0 Å². The summed E-state index contributed by atoms with van der Waals surface area (Å²) >= 11 is 0. The minimum atomic E-state index is -0.707. The van der Waals surface area contributed by atoms with Gasteiger partial charge < -0.3 is 29.6 Å². The molecule has 0 heterocycles. The van der Waals surface area contributed by atoms with Crippen LogP contribution in [-0.4, -0.2) is 51.2 Å². The molecule has 0 aromatic heterocycles. The predicted molar refractivity (Wildman–Crippen MR) is 129 cm³/mol. The molecule has 0 unspecified atom stereocenters. The van der Waals surface area contributed by atoms with Crippen molar-refractivity contribution in [2.45, 2.75) is 32.6 Å². The molecule has 2 aromatic carbocycles. The van der Waals surface area contributed by atoms with E-state index in [0.717, 1.165) is 12.8 Å². The average Bonchev–Trinajstić information content (AvgIpc) is 2.86. The summed E-state index contributed by atoms with van der Waals surface area (Å²) in [6.45, 7) is 1.80. The zero-order valence-electron chi connectivity index (χ0n) is 20.1. The average molecular weight is 487 g/mol. The van der Waals surface area contributed by atoms with Gasteiger partial charge in [0.05, 0.1) is 38.5 Å². The van der Waals surface area contributed by atoms with Gasteiger partial charge in [-0.25, -0.2) is 4.79 Å². The topological polar surface area (TPSA) is 129 Å². The number of carbonyl (C=O) groups excluding carboxylic acids is 4. The van der Waals surface area contributed by atoms with Gasteiger partial charge >= 0.3 is 11.9 Å². The van der Waals surface area contributed by atoms with Gasteiger partial charge in [-0.2, -0.15) is 0 Å². The quantitative estimate of drug-likeness (QED) is 0.325. The number of rotatable bonds is 13. The van der Waals surface area contributed by atoms with Crippen molar-refractivity contribution in [3.63, 3.8) is 0 Å². The lowest BCUT2D eigenvalue weighted by Crippen LogP contribution is -2.22. The van der Waals surface area contributed by atoms with Gasteiger partial charge in [0, 0.05) is 18.2 Å². The summed E-state index contributed by atoms with van der Waals surface area (Å²) in [5.74, 6) is -1.26. The van der Waals surface area contributed by atoms with Crippen molar-refractivity contribution in [1.82, 2.24) is 0 Å². The monoisotopic (exact) mass is 486 g/mol. The van der Waals surface area contributed by atoms with E-state index in [1.165, 1.54) is 20.3 Å². The van der Waals surface area contributed by atoms with E-state index in [4.69, 9.17) is 18.9 Å². The van der Waals surface area contributed by atoms with Crippen molar-refractivity contribution in [3.05, 3.63) is 48.0 Å². The molecule has 0 saturated carbocycles. The number of benzene rings is 2. The standard InChI is InChI=1S/C25H30N2O8/c1-4-5-13-34-25(31)17-7-6-8-18(14-17)26-22(28)11-12-24(30)35-16-23(29)27-20-15-19(32-2)9-10-21(20)33-3/h6-10,14-15H,4-5,11-13,16H2,1-3H3,(H,26,28)(H,27,29). The Morgan fingerprint density at radius 2 is 1.66 bits per heavy atom. The van der Waals surface area contributed by atoms with Gasteiger partial charge in [0.1, 0.15) is 11.5 Å². The Hall–Kier alpha value is -4.08. The molecule has 2 amide bonds. The molecule has 0 aliphatic carbocycles. The van der Waals surface area contributed by atoms with E-state index in [9.17, 15) is 19.2 Å². The minimum absolute atomic E-state index is 0.157. The molecule has 0 saturated heterocycles. The van der Waals surface area contributed by atoms with Gasteiger partial charge in [-0.3, -0.25) is 14.4 Å². The van der Waals surface area contributed by atoms with E-state index < -0.39 is 30.4 Å². The smallest absolute Gasteiger partial charge is 0.338 e. The second-order valence-corrected chi connectivity index (χ2v) is 7.39. The third-order valence-corrected chi connectivity index (χ3v) is 4.71. The molecule has 0 fully saturated rings. The lowest BCUT2D eigenvalue weighted by molar-refractivity contribution is -0.147. The van der Waals surface area contributed by atoms with Crippen LogP contribution in [0.2, 0.25) is 0 Å². The Bertz CT molecular complexity index is 1040. The lowest BCUT2D eigenvalue weighted by Gasteiger charge is -2.12. The molecule has 2 rings (SSSR count). The number of hydrogen-bond donors (Lipinski definition) is 2. The third-order valence-electron chi connectivity index (χ3n) is 4.71. The number of methoxy groups -OCH3 is 2. The van der Waals surface area contributed by atoms with Gasteiger partial charge in [0.2, 0.25) is 5.91 Å². The molecule has 10 heteroatoms. The molecule has 0 bridgehead atoms. The van der Waals surface area contributed by atoms with Crippen molar-refractivity contribution in [3.8, 4) is 11.5 Å². The number of hydrogen-bond acceptors (Lipinski definition) is 8. The highest BCUT2D eigenvalue weighted by atomic mass is 16.5. The van der Waals surface area contributed by atoms with Gasteiger partial charge in [-0.15, -0.1) is 0 Å². The first-order valence-corrected chi connectivity index (χ1v) is 11.1. The van der Waals surface area contributed by atoms with Crippen molar-refractivity contribution < 1.29 is 38.1 Å². The zero-order valence-corrected chi connectivity index (χ0v) is 20.1. The summed E-state index contributed by atoms with van der Waals surface area (Å²) in [6, 6.07) is 11.2. The van der Waals surface area contributed by atoms with Crippen molar-refractivity contribution in [1.29, 1.82) is 0 Å². The highest BCUT2D eigenvalue weighted by Gasteiger charge is 2.14. The normalized spacial score (nSPS) is 10.1. The molecule has 0 aliphatic rings. The highest BCUT2D eigenvalue weighted by Crippen LogP contribution is 2.28. The van der Waals surface area contributed by atoms with E-state index in [2.05, 4.69) is 10.6 Å². The molecular weight excluding hydrogens is 456 g/mol. The summed E-state index contributed by atoms with van der Waals surface area (Å²) in [4.78, 5) is 48.3. The summed E-state index contributed by atoms with van der Waals surface area (Å²) in [7, 11) is 2.95. The molecule has 0 radical (unpaired) electrons. The fourth-order valence-corrected chi connectivity index (χ4v) is 2.87. The number of ether oxygens (including phenoxy) is 4. The van der Waals surface area contributed by atoms with Crippen LogP contribution in [0.15, 0.2) is 42.5 Å². The maximum atomic E-state index is 12.2. The summed E-state index contributed by atoms with van der Waals surface area (Å²) in [5, 5.41) is 5.20. The summed E-state index contributed by atoms with van der Waals surface area (Å²) < 4.78 is 20.4. The first kappa shape index (κ1) is 27.2. The molecular formula is C25H30N2O8. The molecule has 2 N–H and O–H groups in total. The lowest BCUT2D eigenvalue weighted by atomic mass is 10.2. The molecule has 0 spiro atoms. The fourth-order valence-electron chi connectivity index (χ4n) is 2.87. The number of carbonyl (C=O) groups is 4. The SMILES string of the molecule is CCCCOC(=O)c1cccc(NC(=O)CCC(=O)OCC(=O)Nc2cc(OC)ccc2OC)c1. The Labute approximate surface area is 203 Å². The van der Waals surface area contributed by atoms with Crippen LogP contribution in [0.4, 0.5) is 11.4 Å². The Kier molecular flexibility index (Phi) is 11.1. The molecule has 35 heavy (non-hydrogen) atoms. The minimum Gasteiger partial charge on any atom is -0.497 e. The largest absolute Gasteiger partial charge is 0.497 e. The first-order valence-electron chi connectivity index (χ1n) is 11.1. The zero-order chi connectivity index (χ0) is 25.6. The Morgan fingerprint density at radius 3 is 2.37 bits per heavy atom. The van der Waals surface area contributed by atoms with Crippen LogP contribution in [0.1, 0.15) is 43.0 Å². The molecule has 188 valence electrons. The van der Waals surface area contributed by atoms with E-state index in [1.54, 1.807) is 36.4 Å². The maximum Gasteiger partial charge on any atom is 0.338 e. The number of esters is 2. The van der Waals surface area contributed by atoms with E-state index >= 15 is 0 Å². The van der Waals surface area contributed by atoms with Crippen LogP contribution in [-0.2, 0) is 23.9 Å². The van der Waals surface area contributed by atoms with Gasteiger partial charge in [-0.1, -0.05) is 19.4 Å². The van der Waals surface area contributed by atoms with E-state index in [-0.39, 0.29) is 12.8 Å². The van der Waals surface area contributed by atoms with Crippen molar-refractivity contribution >= 4 is 35.1 Å². The van der Waals surface area contributed by atoms with Gasteiger partial charge in [0.25, 0.3) is 5.91 Å². The Morgan fingerprint density at radius 1 is 0.857 bits per heavy atom. The van der Waals surface area contributed by atoms with Crippen LogP contribution < -0.4 is 20.1 Å². The molecule has 0 aliphatic heterocycles. The van der Waals surface area contributed by atoms with Crippen LogP contribution in [0.25, 0.3) is 0 Å². The second-order valence-electron chi connectivity index (χ2n) is 7.39. The molecule has 2 aromatic rings. The number of unbranched alkanes of at least 4 members (excludes halogenated alkanes) is 1. The number of amides is 2. The second kappa shape index (κ2) is 14.2. The van der Waals surface area contributed by atoms with Crippen LogP contribution in [0.5, 0.6) is 11.5 Å². The van der Waals surface area contributed by atoms with Crippen LogP contribution >= 0.6 is 0 Å².